The van der Waals surface area contributed by atoms with E-state index in [1.54, 1.807) is 18.3 Å². The third-order valence-electron chi connectivity index (χ3n) is 1.25. The molecule has 0 unspecified atom stereocenters. The zero-order valence-corrected chi connectivity index (χ0v) is 6.66. The van der Waals surface area contributed by atoms with E-state index in [0.717, 1.165) is 5.57 Å². The van der Waals surface area contributed by atoms with E-state index in [4.69, 9.17) is 10.2 Å². The summed E-state index contributed by atoms with van der Waals surface area (Å²) in [6.45, 7) is 7.26. The van der Waals surface area contributed by atoms with Gasteiger partial charge >= 0.3 is 0 Å². The van der Waals surface area contributed by atoms with Crippen LogP contribution in [0.2, 0.25) is 0 Å². The van der Waals surface area contributed by atoms with Crippen LogP contribution in [0.15, 0.2) is 48.0 Å². The topological polar surface area (TPSA) is 52.0 Å². The van der Waals surface area contributed by atoms with Crippen LogP contribution in [-0.4, -0.2) is 4.98 Å². The fraction of sp³-hybridized carbons (Fsp3) is 0. The second kappa shape index (κ2) is 3.57. The summed E-state index contributed by atoms with van der Waals surface area (Å²) < 4.78 is 5.00. The number of allylic oxidation sites excluding steroid dienone is 3. The van der Waals surface area contributed by atoms with Crippen LogP contribution in [0.3, 0.4) is 0 Å². The predicted octanol–water partition coefficient (Wildman–Crippen LogP) is 1.72. The van der Waals surface area contributed by atoms with Gasteiger partial charge in [0, 0.05) is 11.3 Å². The minimum Gasteiger partial charge on any atom is -0.444 e. The Morgan fingerprint density at radius 3 is 2.75 bits per heavy atom. The van der Waals surface area contributed by atoms with Gasteiger partial charge in [-0.15, -0.1) is 0 Å². The van der Waals surface area contributed by atoms with Crippen molar-refractivity contribution < 1.29 is 4.42 Å². The van der Waals surface area contributed by atoms with Crippen molar-refractivity contribution in [2.45, 2.75) is 0 Å². The first-order valence-electron chi connectivity index (χ1n) is 3.40. The van der Waals surface area contributed by atoms with Gasteiger partial charge in [-0.05, 0) is 12.2 Å². The first-order valence-corrected chi connectivity index (χ1v) is 3.40. The van der Waals surface area contributed by atoms with Crippen molar-refractivity contribution in [3.63, 3.8) is 0 Å². The van der Waals surface area contributed by atoms with E-state index in [0.29, 0.717) is 11.5 Å². The summed E-state index contributed by atoms with van der Waals surface area (Å²) in [6, 6.07) is 0. The number of rotatable bonds is 3. The maximum Gasteiger partial charge on any atom is 0.181 e. The van der Waals surface area contributed by atoms with Crippen molar-refractivity contribution in [1.29, 1.82) is 0 Å². The van der Waals surface area contributed by atoms with Gasteiger partial charge < -0.3 is 10.2 Å². The monoisotopic (exact) mass is 162 g/mol. The molecule has 3 nitrogen and oxygen atoms in total. The third-order valence-corrected chi connectivity index (χ3v) is 1.25. The van der Waals surface area contributed by atoms with Gasteiger partial charge in [0.2, 0.25) is 0 Å². The molecular weight excluding hydrogens is 152 g/mol. The Balaban J connectivity index is 2.68. The molecule has 0 aliphatic heterocycles. The molecule has 2 N–H and O–H groups in total. The Morgan fingerprint density at radius 1 is 1.50 bits per heavy atom. The molecule has 0 radical (unpaired) electrons. The normalized spacial score (nSPS) is 10.3. The Labute approximate surface area is 70.9 Å². The molecule has 0 saturated heterocycles. The average molecular weight is 162 g/mol. The molecule has 1 aromatic heterocycles. The maximum absolute atomic E-state index is 5.33. The molecule has 12 heavy (non-hydrogen) atoms. The lowest BCUT2D eigenvalue weighted by Gasteiger charge is -1.91. The number of nitrogens with two attached hydrogens (primary N) is 1. The van der Waals surface area contributed by atoms with Crippen LogP contribution in [0.4, 0.5) is 0 Å². The molecule has 1 aromatic rings. The molecule has 1 heterocycles. The standard InChI is InChI=1S/C9H10N2O/c1-7(3-4-8(2)10)9-5-11-6-12-9/h3-6H,1-2,10H2/b4-3-. The van der Waals surface area contributed by atoms with Crippen molar-refractivity contribution in [2.24, 2.45) is 5.73 Å². The van der Waals surface area contributed by atoms with E-state index in [-0.39, 0.29) is 0 Å². The largest absolute Gasteiger partial charge is 0.444 e. The molecule has 0 saturated carbocycles. The van der Waals surface area contributed by atoms with E-state index in [2.05, 4.69) is 18.1 Å². The highest BCUT2D eigenvalue weighted by Gasteiger charge is 1.96. The Morgan fingerprint density at radius 2 is 2.25 bits per heavy atom. The fourth-order valence-electron chi connectivity index (χ4n) is 0.664. The van der Waals surface area contributed by atoms with E-state index in [1.165, 1.54) is 6.39 Å². The van der Waals surface area contributed by atoms with Gasteiger partial charge in [0.25, 0.3) is 0 Å². The van der Waals surface area contributed by atoms with Gasteiger partial charge in [0.15, 0.2) is 12.2 Å². The maximum atomic E-state index is 5.33. The highest BCUT2D eigenvalue weighted by Crippen LogP contribution is 2.11. The summed E-state index contributed by atoms with van der Waals surface area (Å²) in [5, 5.41) is 0. The SMILES string of the molecule is C=C(N)/C=C\C(=C)c1cnco1. The zero-order chi connectivity index (χ0) is 8.97. The van der Waals surface area contributed by atoms with Crippen molar-refractivity contribution in [1.82, 2.24) is 4.98 Å². The molecule has 1 rings (SSSR count). The summed E-state index contributed by atoms with van der Waals surface area (Å²) in [5.41, 5.74) is 6.53. The number of nitrogens with zero attached hydrogens (tertiary/aromatic N) is 1. The Kier molecular flexibility index (Phi) is 2.48. The molecule has 62 valence electrons. The van der Waals surface area contributed by atoms with Gasteiger partial charge in [-0.25, -0.2) is 4.98 Å². The minimum atomic E-state index is 0.482. The lowest BCUT2D eigenvalue weighted by molar-refractivity contribution is 0.546. The highest BCUT2D eigenvalue weighted by molar-refractivity contribution is 5.68. The third kappa shape index (κ3) is 2.12. The number of hydrogen-bond acceptors (Lipinski definition) is 3. The second-order valence-electron chi connectivity index (χ2n) is 2.30. The second-order valence-corrected chi connectivity index (χ2v) is 2.30. The fourth-order valence-corrected chi connectivity index (χ4v) is 0.664. The van der Waals surface area contributed by atoms with E-state index < -0.39 is 0 Å². The average Bonchev–Trinajstić information content (AvgIpc) is 2.51. The van der Waals surface area contributed by atoms with Crippen LogP contribution in [0.5, 0.6) is 0 Å². The van der Waals surface area contributed by atoms with Crippen molar-refractivity contribution in [2.75, 3.05) is 0 Å². The Bertz CT molecular complexity index is 309. The van der Waals surface area contributed by atoms with Crippen LogP contribution in [0, 0.1) is 0 Å². The highest BCUT2D eigenvalue weighted by atomic mass is 16.3. The van der Waals surface area contributed by atoms with Gasteiger partial charge in [-0.3, -0.25) is 0 Å². The van der Waals surface area contributed by atoms with Crippen LogP contribution < -0.4 is 5.73 Å². The first kappa shape index (κ1) is 8.33. The van der Waals surface area contributed by atoms with Crippen molar-refractivity contribution >= 4 is 5.57 Å². The molecule has 0 fully saturated rings. The zero-order valence-electron chi connectivity index (χ0n) is 6.66. The van der Waals surface area contributed by atoms with Gasteiger partial charge in [-0.2, -0.15) is 0 Å². The summed E-state index contributed by atoms with van der Waals surface area (Å²) in [7, 11) is 0. The van der Waals surface area contributed by atoms with E-state index in [1.807, 2.05) is 0 Å². The molecular formula is C9H10N2O. The Hall–Kier alpha value is -1.77. The lowest BCUT2D eigenvalue weighted by atomic mass is 10.2. The van der Waals surface area contributed by atoms with Crippen LogP contribution >= 0.6 is 0 Å². The van der Waals surface area contributed by atoms with E-state index >= 15 is 0 Å². The smallest absolute Gasteiger partial charge is 0.181 e. The number of aromatic nitrogens is 1. The quantitative estimate of drug-likeness (QED) is 0.688. The molecule has 0 aliphatic rings. The van der Waals surface area contributed by atoms with Crippen LogP contribution in [0.25, 0.3) is 5.57 Å². The van der Waals surface area contributed by atoms with Crippen molar-refractivity contribution in [3.05, 3.63) is 49.4 Å². The summed E-state index contributed by atoms with van der Waals surface area (Å²) in [5.74, 6) is 0.632. The van der Waals surface area contributed by atoms with Crippen LogP contribution in [0.1, 0.15) is 5.76 Å². The molecule has 0 atom stereocenters. The molecule has 0 bridgehead atoms. The summed E-state index contributed by atoms with van der Waals surface area (Å²) in [6.07, 6.45) is 6.32. The predicted molar refractivity (Wildman–Crippen MR) is 48.0 cm³/mol. The summed E-state index contributed by atoms with van der Waals surface area (Å²) >= 11 is 0. The van der Waals surface area contributed by atoms with Crippen LogP contribution in [-0.2, 0) is 0 Å². The minimum absolute atomic E-state index is 0.482. The van der Waals surface area contributed by atoms with Gasteiger partial charge in [0.1, 0.15) is 0 Å². The molecule has 0 aromatic carbocycles. The lowest BCUT2D eigenvalue weighted by Crippen LogP contribution is -1.88. The number of oxazole rings is 1. The van der Waals surface area contributed by atoms with E-state index in [9.17, 15) is 0 Å². The molecule has 3 heteroatoms. The molecule has 0 amide bonds. The van der Waals surface area contributed by atoms with Crippen molar-refractivity contribution in [3.8, 4) is 0 Å². The first-order chi connectivity index (χ1) is 5.70. The van der Waals surface area contributed by atoms with Gasteiger partial charge in [0.05, 0.1) is 6.20 Å². The van der Waals surface area contributed by atoms with Gasteiger partial charge in [-0.1, -0.05) is 13.2 Å². The summed E-state index contributed by atoms with van der Waals surface area (Å²) in [4.78, 5) is 3.76. The molecule has 0 aliphatic carbocycles. The molecule has 0 spiro atoms. The number of hydrogen-bond donors (Lipinski definition) is 1.